The van der Waals surface area contributed by atoms with Crippen LogP contribution in [-0.4, -0.2) is 18.4 Å². The highest BCUT2D eigenvalue weighted by Gasteiger charge is 2.40. The van der Waals surface area contributed by atoms with Gasteiger partial charge in [-0.15, -0.1) is 0 Å². The van der Waals surface area contributed by atoms with Gasteiger partial charge in [-0.25, -0.2) is 4.90 Å². The van der Waals surface area contributed by atoms with Crippen molar-refractivity contribution in [3.63, 3.8) is 0 Å². The Morgan fingerprint density at radius 3 is 2.24 bits per heavy atom. The Morgan fingerprint density at radius 2 is 1.56 bits per heavy atom. The van der Waals surface area contributed by atoms with E-state index in [1.165, 1.54) is 10.5 Å². The number of unbranched alkanes of at least 4 members (excludes halogenated alkanes) is 1. The van der Waals surface area contributed by atoms with Crippen molar-refractivity contribution < 1.29 is 14.3 Å². The molecule has 0 aliphatic carbocycles. The molecule has 174 valence electrons. The second-order valence-corrected chi connectivity index (χ2v) is 8.39. The Labute approximate surface area is 201 Å². The number of carbonyl (C=O) groups is 2. The summed E-state index contributed by atoms with van der Waals surface area (Å²) >= 11 is 0. The molecule has 5 heteroatoms. The molecule has 0 atom stereocenters. The van der Waals surface area contributed by atoms with Crippen LogP contribution >= 0.6 is 0 Å². The molecule has 0 unspecified atom stereocenters. The summed E-state index contributed by atoms with van der Waals surface area (Å²) in [5.74, 6) is -0.0977. The summed E-state index contributed by atoms with van der Waals surface area (Å²) in [5.41, 5.74) is 4.78. The summed E-state index contributed by atoms with van der Waals surface area (Å²) in [5, 5.41) is 3.22. The molecule has 2 amide bonds. The molecule has 0 saturated heterocycles. The molecule has 1 N–H and O–H groups in total. The molecule has 0 fully saturated rings. The van der Waals surface area contributed by atoms with Crippen molar-refractivity contribution in [2.75, 3.05) is 16.8 Å². The van der Waals surface area contributed by atoms with Crippen molar-refractivity contribution in [2.24, 2.45) is 0 Å². The van der Waals surface area contributed by atoms with E-state index >= 15 is 0 Å². The van der Waals surface area contributed by atoms with E-state index < -0.39 is 0 Å². The van der Waals surface area contributed by atoms with Crippen LogP contribution in [0.5, 0.6) is 5.75 Å². The molecule has 4 rings (SSSR count). The van der Waals surface area contributed by atoms with E-state index in [0.29, 0.717) is 34.9 Å². The molecular weight excluding hydrogens is 424 g/mol. The number of nitrogens with zero attached hydrogens (tertiary/aromatic N) is 1. The molecule has 5 nitrogen and oxygen atoms in total. The number of anilines is 2. The van der Waals surface area contributed by atoms with Crippen molar-refractivity contribution >= 4 is 28.8 Å². The van der Waals surface area contributed by atoms with Crippen LogP contribution in [0.4, 0.5) is 11.4 Å². The van der Waals surface area contributed by atoms with E-state index in [1.54, 1.807) is 0 Å². The van der Waals surface area contributed by atoms with Gasteiger partial charge in [-0.05, 0) is 62.1 Å². The van der Waals surface area contributed by atoms with Crippen LogP contribution in [0.3, 0.4) is 0 Å². The number of nitrogens with one attached hydrogen (secondary N) is 1. The molecule has 0 spiro atoms. The quantitative estimate of drug-likeness (QED) is 0.395. The standard InChI is InChI=1S/C29H30N2O3/c1-4-6-9-21-14-18-23(19-15-21)31-28(32)26(22-16-12-20(3)13-17-22)27(29(31)33)30-24-10-7-8-11-25(24)34-5-2/h7-8,10-19,30H,4-6,9H2,1-3H3. The number of para-hydroxylation sites is 2. The topological polar surface area (TPSA) is 58.6 Å². The first-order valence-corrected chi connectivity index (χ1v) is 11.8. The fourth-order valence-electron chi connectivity index (χ4n) is 4.05. The molecule has 0 aromatic heterocycles. The van der Waals surface area contributed by atoms with Gasteiger partial charge < -0.3 is 10.1 Å². The van der Waals surface area contributed by atoms with Gasteiger partial charge in [-0.3, -0.25) is 9.59 Å². The molecule has 34 heavy (non-hydrogen) atoms. The first-order chi connectivity index (χ1) is 16.5. The zero-order chi connectivity index (χ0) is 24.1. The third kappa shape index (κ3) is 4.74. The number of aryl methyl sites for hydroxylation is 2. The minimum Gasteiger partial charge on any atom is -0.492 e. The smallest absolute Gasteiger partial charge is 0.282 e. The van der Waals surface area contributed by atoms with Crippen molar-refractivity contribution in [3.05, 3.63) is 95.2 Å². The maximum atomic E-state index is 13.6. The van der Waals surface area contributed by atoms with Crippen LogP contribution in [0.1, 0.15) is 43.4 Å². The van der Waals surface area contributed by atoms with Gasteiger partial charge in [0.2, 0.25) is 0 Å². The number of rotatable bonds is 9. The molecular formula is C29H30N2O3. The maximum Gasteiger partial charge on any atom is 0.282 e. The Balaban J connectivity index is 1.74. The normalized spacial score (nSPS) is 13.6. The van der Waals surface area contributed by atoms with Crippen LogP contribution in [0.15, 0.2) is 78.5 Å². The maximum absolute atomic E-state index is 13.6. The minimum atomic E-state index is -0.381. The van der Waals surface area contributed by atoms with E-state index in [1.807, 2.05) is 86.6 Å². The van der Waals surface area contributed by atoms with Gasteiger partial charge >= 0.3 is 0 Å². The second-order valence-electron chi connectivity index (χ2n) is 8.39. The van der Waals surface area contributed by atoms with Crippen LogP contribution in [0, 0.1) is 6.92 Å². The third-order valence-corrected chi connectivity index (χ3v) is 5.88. The van der Waals surface area contributed by atoms with Crippen molar-refractivity contribution in [3.8, 4) is 5.75 Å². The lowest BCUT2D eigenvalue weighted by Crippen LogP contribution is -2.32. The van der Waals surface area contributed by atoms with Crippen LogP contribution < -0.4 is 15.0 Å². The van der Waals surface area contributed by atoms with E-state index in [4.69, 9.17) is 4.74 Å². The van der Waals surface area contributed by atoms with E-state index in [2.05, 4.69) is 12.2 Å². The number of imide groups is 1. The van der Waals surface area contributed by atoms with Gasteiger partial charge in [0.25, 0.3) is 11.8 Å². The van der Waals surface area contributed by atoms with E-state index in [-0.39, 0.29) is 17.5 Å². The van der Waals surface area contributed by atoms with Gasteiger partial charge in [-0.2, -0.15) is 0 Å². The van der Waals surface area contributed by atoms with Crippen LogP contribution in [-0.2, 0) is 16.0 Å². The lowest BCUT2D eigenvalue weighted by Gasteiger charge is -2.16. The predicted molar refractivity (Wildman–Crippen MR) is 137 cm³/mol. The number of benzene rings is 3. The Morgan fingerprint density at radius 1 is 0.853 bits per heavy atom. The molecule has 1 aliphatic rings. The summed E-state index contributed by atoms with van der Waals surface area (Å²) in [6.07, 6.45) is 3.20. The Kier molecular flexibility index (Phi) is 7.12. The average molecular weight is 455 g/mol. The fraction of sp³-hybridized carbons (Fsp3) is 0.241. The van der Waals surface area contributed by atoms with Crippen molar-refractivity contribution in [1.29, 1.82) is 0 Å². The first-order valence-electron chi connectivity index (χ1n) is 11.8. The lowest BCUT2D eigenvalue weighted by molar-refractivity contribution is -0.120. The van der Waals surface area contributed by atoms with Crippen LogP contribution in [0.25, 0.3) is 5.57 Å². The summed E-state index contributed by atoms with van der Waals surface area (Å²) < 4.78 is 5.73. The molecule has 1 heterocycles. The van der Waals surface area contributed by atoms with E-state index in [9.17, 15) is 9.59 Å². The SMILES string of the molecule is CCCCc1ccc(N2C(=O)C(Nc3ccccc3OCC)=C(c3ccc(C)cc3)C2=O)cc1. The molecule has 3 aromatic rings. The largest absolute Gasteiger partial charge is 0.492 e. The highest BCUT2D eigenvalue weighted by atomic mass is 16.5. The monoisotopic (exact) mass is 454 g/mol. The Bertz CT molecular complexity index is 1210. The molecule has 0 saturated carbocycles. The number of ether oxygens (including phenoxy) is 1. The fourth-order valence-corrected chi connectivity index (χ4v) is 4.05. The Hall–Kier alpha value is -3.86. The zero-order valence-corrected chi connectivity index (χ0v) is 19.9. The van der Waals surface area contributed by atoms with Gasteiger partial charge in [0.1, 0.15) is 11.4 Å². The summed E-state index contributed by atoms with van der Waals surface area (Å²) in [6.45, 7) is 6.55. The van der Waals surface area contributed by atoms with Crippen LogP contribution in [0.2, 0.25) is 0 Å². The molecule has 1 aliphatic heterocycles. The van der Waals surface area contributed by atoms with Gasteiger partial charge in [0.05, 0.1) is 23.6 Å². The molecule has 0 bridgehead atoms. The number of hydrogen-bond acceptors (Lipinski definition) is 4. The summed E-state index contributed by atoms with van der Waals surface area (Å²) in [6, 6.07) is 22.7. The molecule has 0 radical (unpaired) electrons. The lowest BCUT2D eigenvalue weighted by atomic mass is 10.0. The van der Waals surface area contributed by atoms with E-state index in [0.717, 1.165) is 24.8 Å². The predicted octanol–water partition coefficient (Wildman–Crippen LogP) is 6.13. The minimum absolute atomic E-state index is 0.246. The van der Waals surface area contributed by atoms with Gasteiger partial charge in [0.15, 0.2) is 0 Å². The number of carbonyl (C=O) groups excluding carboxylic acids is 2. The summed E-state index contributed by atoms with van der Waals surface area (Å²) in [4.78, 5) is 28.5. The highest BCUT2D eigenvalue weighted by molar-refractivity contribution is 6.46. The third-order valence-electron chi connectivity index (χ3n) is 5.88. The van der Waals surface area contributed by atoms with Crippen molar-refractivity contribution in [1.82, 2.24) is 0 Å². The van der Waals surface area contributed by atoms with Gasteiger partial charge in [-0.1, -0.05) is 67.4 Å². The highest BCUT2D eigenvalue weighted by Crippen LogP contribution is 2.36. The number of amides is 2. The average Bonchev–Trinajstić information content (AvgIpc) is 3.09. The van der Waals surface area contributed by atoms with Gasteiger partial charge in [0, 0.05) is 0 Å². The van der Waals surface area contributed by atoms with Crippen molar-refractivity contribution in [2.45, 2.75) is 40.0 Å². The summed E-state index contributed by atoms with van der Waals surface area (Å²) in [7, 11) is 0. The number of hydrogen-bond donors (Lipinski definition) is 1. The first kappa shape index (κ1) is 23.3. The second kappa shape index (κ2) is 10.4. The molecule has 3 aromatic carbocycles. The zero-order valence-electron chi connectivity index (χ0n) is 19.9.